The molecule has 0 aromatic heterocycles. The van der Waals surface area contributed by atoms with Gasteiger partial charge in [-0.25, -0.2) is 65.9 Å². The van der Waals surface area contributed by atoms with Gasteiger partial charge in [-0.3, -0.25) is 0 Å². The average Bonchev–Trinajstić information content (AvgIpc) is 2.98. The van der Waals surface area contributed by atoms with E-state index < -0.39 is 128 Å². The third kappa shape index (κ3) is 5.99. The lowest BCUT2D eigenvalue weighted by atomic mass is 9.09. The van der Waals surface area contributed by atoms with Crippen LogP contribution < -0.4 is 16.4 Å². The molecule has 0 aliphatic heterocycles. The molecule has 1 nitrogen and oxygen atoms in total. The molecule has 1 fully saturated rings. The van der Waals surface area contributed by atoms with Crippen molar-refractivity contribution in [1.82, 2.24) is 0 Å². The molecule has 0 N–H and O–H groups in total. The highest BCUT2D eigenvalue weighted by Gasteiger charge is 2.51. The number of nitrogens with zero attached hydrogens (tertiary/aromatic N) is 1. The average molecular weight is 669 g/mol. The van der Waals surface area contributed by atoms with Crippen LogP contribution in [0.4, 0.5) is 65.9 Å². The summed E-state index contributed by atoms with van der Waals surface area (Å²) in [4.78, 5) is 0. The van der Waals surface area contributed by atoms with Crippen LogP contribution in [0, 0.1) is 87.3 Å². The fourth-order valence-electron chi connectivity index (χ4n) is 5.84. The standard InChI is InChI=1S/C24H11BF15.C4H12N/c26-10-7(11(27)17(33)22(38)16(10)32)25(6-4-2-1-3-5-6,8-12(28)18(34)23(39)19(35)13(8)29)9-14(30)20(36)24(40)21(37)15(9)31;1-5(2,3)4/h6H,1-5H2;1-4H3/q-1;+1. The summed E-state index contributed by atoms with van der Waals surface area (Å²) in [6, 6.07) is 0. The molecule has 0 heterocycles. The summed E-state index contributed by atoms with van der Waals surface area (Å²) in [5.41, 5.74) is -7.56. The van der Waals surface area contributed by atoms with Gasteiger partial charge < -0.3 is 4.48 Å². The van der Waals surface area contributed by atoms with Crippen LogP contribution in [0.25, 0.3) is 0 Å². The first-order valence-electron chi connectivity index (χ1n) is 13.1. The normalized spacial score (nSPS) is 14.5. The van der Waals surface area contributed by atoms with Crippen LogP contribution in [0.5, 0.6) is 0 Å². The molecule has 0 bridgehead atoms. The SMILES string of the molecule is C[N+](C)(C)C.Fc1c(F)c(F)c([B-](c2c(F)c(F)c(F)c(F)c2F)(c2c(F)c(F)c(F)c(F)c2F)C2CCCCC2)c(F)c1F. The van der Waals surface area contributed by atoms with Gasteiger partial charge in [0.1, 0.15) is 41.0 Å². The van der Waals surface area contributed by atoms with Gasteiger partial charge in [0, 0.05) is 0 Å². The van der Waals surface area contributed by atoms with Gasteiger partial charge in [-0.05, 0) is 0 Å². The number of hydrogen-bond acceptors (Lipinski definition) is 0. The first-order valence-corrected chi connectivity index (χ1v) is 13.1. The Morgan fingerprint density at radius 2 is 0.533 bits per heavy atom. The van der Waals surface area contributed by atoms with Gasteiger partial charge in [-0.2, -0.15) is 5.82 Å². The Morgan fingerprint density at radius 3 is 0.733 bits per heavy atom. The monoisotopic (exact) mass is 669 g/mol. The van der Waals surface area contributed by atoms with Gasteiger partial charge in [0.15, 0.2) is 52.4 Å². The van der Waals surface area contributed by atoms with Crippen molar-refractivity contribution in [2.24, 2.45) is 0 Å². The van der Waals surface area contributed by atoms with E-state index in [1.807, 2.05) is 0 Å². The van der Waals surface area contributed by atoms with Crippen LogP contribution in [0.1, 0.15) is 32.1 Å². The van der Waals surface area contributed by atoms with E-state index in [0.29, 0.717) is 0 Å². The van der Waals surface area contributed by atoms with Gasteiger partial charge in [0.05, 0.1) is 28.2 Å². The fraction of sp³-hybridized carbons (Fsp3) is 0.357. The minimum absolute atomic E-state index is 0.172. The predicted molar refractivity (Wildman–Crippen MR) is 134 cm³/mol. The first-order chi connectivity index (χ1) is 20.6. The molecular weight excluding hydrogens is 646 g/mol. The minimum Gasteiger partial charge on any atom is -0.333 e. The maximum atomic E-state index is 15.4. The van der Waals surface area contributed by atoms with Crippen molar-refractivity contribution in [1.29, 1.82) is 0 Å². The number of benzene rings is 3. The van der Waals surface area contributed by atoms with Crippen LogP contribution in [0.2, 0.25) is 5.82 Å². The van der Waals surface area contributed by atoms with Gasteiger partial charge >= 0.3 is 0 Å². The second-order valence-corrected chi connectivity index (χ2v) is 12.0. The van der Waals surface area contributed by atoms with Gasteiger partial charge in [-0.1, -0.05) is 32.1 Å². The predicted octanol–water partition coefficient (Wildman–Crippen LogP) is 6.90. The van der Waals surface area contributed by atoms with Crippen molar-refractivity contribution < 1.29 is 70.3 Å². The Bertz CT molecular complexity index is 1380. The zero-order valence-corrected chi connectivity index (χ0v) is 23.8. The van der Waals surface area contributed by atoms with Crippen molar-refractivity contribution in [2.45, 2.75) is 37.9 Å². The van der Waals surface area contributed by atoms with E-state index in [2.05, 4.69) is 28.2 Å². The van der Waals surface area contributed by atoms with Gasteiger partial charge in [0.25, 0.3) is 0 Å². The van der Waals surface area contributed by atoms with E-state index >= 15 is 26.3 Å². The second-order valence-electron chi connectivity index (χ2n) is 12.0. The summed E-state index contributed by atoms with van der Waals surface area (Å²) in [6.07, 6.45) is -6.99. The molecule has 0 unspecified atom stereocenters. The summed E-state index contributed by atoms with van der Waals surface area (Å²) < 4.78 is 222. The summed E-state index contributed by atoms with van der Waals surface area (Å²) >= 11 is 0. The highest BCUT2D eigenvalue weighted by atomic mass is 19.2. The van der Waals surface area contributed by atoms with Crippen LogP contribution in [0.15, 0.2) is 0 Å². The molecule has 3 aromatic rings. The van der Waals surface area contributed by atoms with E-state index in [0.717, 1.165) is 4.48 Å². The molecule has 248 valence electrons. The lowest BCUT2D eigenvalue weighted by Crippen LogP contribution is -2.75. The zero-order valence-electron chi connectivity index (χ0n) is 23.8. The van der Waals surface area contributed by atoms with Crippen molar-refractivity contribution in [2.75, 3.05) is 28.2 Å². The van der Waals surface area contributed by atoms with Crippen LogP contribution in [0.3, 0.4) is 0 Å². The Kier molecular flexibility index (Phi) is 10.3. The van der Waals surface area contributed by atoms with E-state index in [9.17, 15) is 39.5 Å². The van der Waals surface area contributed by atoms with Crippen molar-refractivity contribution in [3.05, 3.63) is 87.3 Å². The van der Waals surface area contributed by atoms with Crippen molar-refractivity contribution >= 4 is 22.5 Å². The molecule has 0 spiro atoms. The van der Waals surface area contributed by atoms with Gasteiger partial charge in [0.2, 0.25) is 0 Å². The zero-order chi connectivity index (χ0) is 34.5. The number of quaternary nitrogens is 1. The Hall–Kier alpha value is -3.37. The Labute approximate surface area is 246 Å². The molecule has 3 aromatic carbocycles. The summed E-state index contributed by atoms with van der Waals surface area (Å²) in [7, 11) is 8.50. The first kappa shape index (κ1) is 36.1. The summed E-state index contributed by atoms with van der Waals surface area (Å²) in [6.45, 7) is 0. The van der Waals surface area contributed by atoms with Crippen molar-refractivity contribution in [3.8, 4) is 0 Å². The largest absolute Gasteiger partial charge is 0.333 e. The molecule has 17 heteroatoms. The number of hydrogen-bond donors (Lipinski definition) is 0. The lowest BCUT2D eigenvalue weighted by molar-refractivity contribution is -0.849. The van der Waals surface area contributed by atoms with E-state index in [1.165, 1.54) is 0 Å². The smallest absolute Gasteiger partial charge is 0.200 e. The Morgan fingerprint density at radius 1 is 0.356 bits per heavy atom. The quantitative estimate of drug-likeness (QED) is 0.0934. The van der Waals surface area contributed by atoms with Crippen molar-refractivity contribution in [3.63, 3.8) is 0 Å². The third-order valence-corrected chi connectivity index (χ3v) is 7.45. The van der Waals surface area contributed by atoms with Crippen LogP contribution in [-0.2, 0) is 0 Å². The molecule has 1 saturated carbocycles. The van der Waals surface area contributed by atoms with E-state index in [-0.39, 0.29) is 19.3 Å². The van der Waals surface area contributed by atoms with Crippen LogP contribution >= 0.6 is 0 Å². The topological polar surface area (TPSA) is 0 Å². The molecule has 1 aliphatic rings. The molecule has 0 saturated heterocycles. The van der Waals surface area contributed by atoms with Crippen LogP contribution in [-0.4, -0.2) is 38.8 Å². The van der Waals surface area contributed by atoms with Gasteiger partial charge in [-0.15, -0.1) is 16.4 Å². The second kappa shape index (κ2) is 12.8. The highest BCUT2D eigenvalue weighted by Crippen LogP contribution is 2.41. The molecule has 0 amide bonds. The van der Waals surface area contributed by atoms with E-state index in [4.69, 9.17) is 0 Å². The molecule has 0 atom stereocenters. The number of rotatable bonds is 4. The third-order valence-electron chi connectivity index (χ3n) is 7.45. The fourth-order valence-corrected chi connectivity index (χ4v) is 5.84. The maximum absolute atomic E-state index is 15.4. The lowest BCUT2D eigenvalue weighted by Gasteiger charge is -2.51. The number of halogens is 15. The maximum Gasteiger partial charge on any atom is 0.200 e. The Balaban J connectivity index is 0.00000102. The molecule has 4 rings (SSSR count). The summed E-state index contributed by atoms with van der Waals surface area (Å²) in [5, 5.41) is 0. The molecule has 0 radical (unpaired) electrons. The molecule has 45 heavy (non-hydrogen) atoms. The van der Waals surface area contributed by atoms with E-state index in [1.54, 1.807) is 0 Å². The summed E-state index contributed by atoms with van der Waals surface area (Å²) in [5.74, 6) is -46.5. The molecule has 1 aliphatic carbocycles. The molecular formula is C28H23BF15N. The minimum atomic E-state index is -5.44. The highest BCUT2D eigenvalue weighted by molar-refractivity contribution is 7.12.